The third-order valence-electron chi connectivity index (χ3n) is 4.54. The summed E-state index contributed by atoms with van der Waals surface area (Å²) in [6, 6.07) is 12.3. The van der Waals surface area contributed by atoms with Gasteiger partial charge in [0, 0.05) is 12.1 Å². The summed E-state index contributed by atoms with van der Waals surface area (Å²) in [4.78, 5) is 1.73. The number of ether oxygens (including phenoxy) is 1. The minimum Gasteiger partial charge on any atom is -0.497 e. The van der Waals surface area contributed by atoms with Crippen LogP contribution in [0, 0.1) is 0 Å². The monoisotopic (exact) mass is 391 g/mol. The molecule has 0 fully saturated rings. The van der Waals surface area contributed by atoms with Gasteiger partial charge in [-0.25, -0.2) is 0 Å². The number of methoxy groups -OCH3 is 1. The van der Waals surface area contributed by atoms with Crippen molar-refractivity contribution >= 4 is 0 Å². The Bertz CT molecular complexity index is 923. The van der Waals surface area contributed by atoms with E-state index in [0.717, 1.165) is 11.6 Å². The third kappa shape index (κ3) is 4.33. The largest absolute Gasteiger partial charge is 0.497 e. The highest BCUT2D eigenvalue weighted by atomic mass is 19.4. The molecule has 1 aromatic heterocycles. The summed E-state index contributed by atoms with van der Waals surface area (Å²) < 4.78 is 50.4. The maximum absolute atomic E-state index is 13.2. The Morgan fingerprint density at radius 1 is 1.07 bits per heavy atom. The number of rotatable bonds is 6. The molecule has 0 amide bonds. The van der Waals surface area contributed by atoms with Crippen LogP contribution in [0.4, 0.5) is 13.2 Å². The maximum Gasteiger partial charge on any atom is 0.416 e. The highest BCUT2D eigenvalue weighted by Gasteiger charge is 2.33. The molecule has 0 aliphatic rings. The van der Waals surface area contributed by atoms with Crippen LogP contribution in [-0.4, -0.2) is 29.3 Å². The number of hydrogen-bond donors (Lipinski definition) is 0. The number of alkyl halides is 3. The van der Waals surface area contributed by atoms with E-state index in [4.69, 9.17) is 9.15 Å². The van der Waals surface area contributed by atoms with Gasteiger partial charge < -0.3 is 9.15 Å². The first kappa shape index (κ1) is 19.9. The molecule has 3 rings (SSSR count). The molecule has 0 aliphatic carbocycles. The zero-order valence-corrected chi connectivity index (χ0v) is 15.7. The van der Waals surface area contributed by atoms with Crippen LogP contribution in [0.15, 0.2) is 52.9 Å². The van der Waals surface area contributed by atoms with E-state index in [9.17, 15) is 13.2 Å². The fourth-order valence-corrected chi connectivity index (χ4v) is 2.78. The number of nitrogens with zero attached hydrogens (tertiary/aromatic N) is 3. The van der Waals surface area contributed by atoms with Crippen molar-refractivity contribution in [2.24, 2.45) is 0 Å². The van der Waals surface area contributed by atoms with Crippen molar-refractivity contribution in [2.75, 3.05) is 14.2 Å². The van der Waals surface area contributed by atoms with Crippen LogP contribution >= 0.6 is 0 Å². The molecule has 0 saturated heterocycles. The van der Waals surface area contributed by atoms with Crippen LogP contribution in [0.3, 0.4) is 0 Å². The molecule has 1 atom stereocenters. The first-order valence-corrected chi connectivity index (χ1v) is 8.62. The number of hydrogen-bond acceptors (Lipinski definition) is 5. The van der Waals surface area contributed by atoms with Gasteiger partial charge in [-0.3, -0.25) is 4.90 Å². The SMILES string of the molecule is COc1ccc(-c2nnc(C(C)N(C)Cc3ccccc3C(F)(F)F)o2)cc1. The standard InChI is InChI=1S/C20H20F3N3O2/c1-13(26(2)12-15-6-4-5-7-17(15)20(21,22)23)18-24-25-19(28-18)14-8-10-16(27-3)11-9-14/h4-11,13H,12H2,1-3H3. The summed E-state index contributed by atoms with van der Waals surface area (Å²) in [5.41, 5.74) is 0.287. The van der Waals surface area contributed by atoms with Crippen molar-refractivity contribution in [1.29, 1.82) is 0 Å². The van der Waals surface area contributed by atoms with Gasteiger partial charge in [0.05, 0.1) is 18.7 Å². The van der Waals surface area contributed by atoms with Crippen molar-refractivity contribution in [2.45, 2.75) is 25.7 Å². The highest BCUT2D eigenvalue weighted by molar-refractivity contribution is 5.54. The number of benzene rings is 2. The summed E-state index contributed by atoms with van der Waals surface area (Å²) in [7, 11) is 3.29. The summed E-state index contributed by atoms with van der Waals surface area (Å²) >= 11 is 0. The van der Waals surface area contributed by atoms with Crippen LogP contribution in [0.2, 0.25) is 0 Å². The molecule has 3 aromatic rings. The molecular formula is C20H20F3N3O2. The number of aromatic nitrogens is 2. The van der Waals surface area contributed by atoms with E-state index in [0.29, 0.717) is 17.5 Å². The molecule has 0 aliphatic heterocycles. The minimum absolute atomic E-state index is 0.0943. The second-order valence-electron chi connectivity index (χ2n) is 6.42. The van der Waals surface area contributed by atoms with E-state index in [2.05, 4.69) is 10.2 Å². The van der Waals surface area contributed by atoms with Crippen molar-refractivity contribution < 1.29 is 22.3 Å². The van der Waals surface area contributed by atoms with Crippen molar-refractivity contribution in [3.8, 4) is 17.2 Å². The second kappa shape index (κ2) is 8.02. The second-order valence-corrected chi connectivity index (χ2v) is 6.42. The van der Waals surface area contributed by atoms with E-state index in [1.165, 1.54) is 12.1 Å². The summed E-state index contributed by atoms with van der Waals surface area (Å²) in [5, 5.41) is 8.10. The first-order valence-electron chi connectivity index (χ1n) is 8.62. The van der Waals surface area contributed by atoms with Gasteiger partial charge in [0.1, 0.15) is 5.75 Å². The molecule has 0 N–H and O–H groups in total. The summed E-state index contributed by atoms with van der Waals surface area (Å²) in [6.45, 7) is 1.90. The van der Waals surface area contributed by atoms with Gasteiger partial charge in [-0.15, -0.1) is 10.2 Å². The summed E-state index contributed by atoms with van der Waals surface area (Å²) in [6.07, 6.45) is -4.40. The molecule has 0 radical (unpaired) electrons. The lowest BCUT2D eigenvalue weighted by Crippen LogP contribution is -2.24. The van der Waals surface area contributed by atoms with E-state index in [-0.39, 0.29) is 18.2 Å². The Morgan fingerprint density at radius 3 is 2.39 bits per heavy atom. The molecular weight excluding hydrogens is 371 g/mol. The Kier molecular flexibility index (Phi) is 5.69. The fraction of sp³-hybridized carbons (Fsp3) is 0.300. The van der Waals surface area contributed by atoms with Crippen molar-refractivity contribution in [3.63, 3.8) is 0 Å². The van der Waals surface area contributed by atoms with Gasteiger partial charge in [-0.2, -0.15) is 13.2 Å². The Morgan fingerprint density at radius 2 is 1.75 bits per heavy atom. The molecule has 5 nitrogen and oxygen atoms in total. The molecule has 2 aromatic carbocycles. The van der Waals surface area contributed by atoms with Crippen LogP contribution in [0.5, 0.6) is 5.75 Å². The first-order chi connectivity index (χ1) is 13.3. The lowest BCUT2D eigenvalue weighted by atomic mass is 10.1. The molecule has 1 heterocycles. The predicted octanol–water partition coefficient (Wildman–Crippen LogP) is 4.96. The van der Waals surface area contributed by atoms with E-state index < -0.39 is 11.7 Å². The topological polar surface area (TPSA) is 51.4 Å². The zero-order valence-electron chi connectivity index (χ0n) is 15.7. The van der Waals surface area contributed by atoms with Gasteiger partial charge in [0.25, 0.3) is 0 Å². The highest BCUT2D eigenvalue weighted by Crippen LogP contribution is 2.33. The van der Waals surface area contributed by atoms with Gasteiger partial charge in [-0.05, 0) is 49.9 Å². The molecule has 148 valence electrons. The average Bonchev–Trinajstić information content (AvgIpc) is 3.17. The summed E-state index contributed by atoms with van der Waals surface area (Å²) in [5.74, 6) is 1.38. The van der Waals surface area contributed by atoms with Crippen LogP contribution in [-0.2, 0) is 12.7 Å². The van der Waals surface area contributed by atoms with Crippen LogP contribution in [0.1, 0.15) is 30.0 Å². The van der Waals surface area contributed by atoms with Gasteiger partial charge in [-0.1, -0.05) is 18.2 Å². The van der Waals surface area contributed by atoms with E-state index in [1.807, 2.05) is 6.92 Å². The minimum atomic E-state index is -4.40. The fourth-order valence-electron chi connectivity index (χ4n) is 2.78. The molecule has 28 heavy (non-hydrogen) atoms. The quantitative estimate of drug-likeness (QED) is 0.595. The van der Waals surface area contributed by atoms with Gasteiger partial charge in [0.2, 0.25) is 11.8 Å². The Hall–Kier alpha value is -2.87. The molecule has 8 heteroatoms. The maximum atomic E-state index is 13.2. The Balaban J connectivity index is 1.76. The average molecular weight is 391 g/mol. The Labute approximate surface area is 160 Å². The van der Waals surface area contributed by atoms with Crippen molar-refractivity contribution in [1.82, 2.24) is 15.1 Å². The van der Waals surface area contributed by atoms with E-state index >= 15 is 0 Å². The smallest absolute Gasteiger partial charge is 0.416 e. The molecule has 0 bridgehead atoms. The lowest BCUT2D eigenvalue weighted by molar-refractivity contribution is -0.138. The lowest BCUT2D eigenvalue weighted by Gasteiger charge is -2.23. The van der Waals surface area contributed by atoms with Gasteiger partial charge in [0.15, 0.2) is 0 Å². The van der Waals surface area contributed by atoms with Gasteiger partial charge >= 0.3 is 6.18 Å². The van der Waals surface area contributed by atoms with Crippen molar-refractivity contribution in [3.05, 3.63) is 65.5 Å². The van der Waals surface area contributed by atoms with E-state index in [1.54, 1.807) is 49.4 Å². The molecule has 0 spiro atoms. The van der Waals surface area contributed by atoms with Crippen LogP contribution < -0.4 is 4.74 Å². The number of halogens is 3. The molecule has 0 saturated carbocycles. The predicted molar refractivity (Wildman–Crippen MR) is 97.6 cm³/mol. The molecule has 1 unspecified atom stereocenters. The normalized spacial score (nSPS) is 13.0. The third-order valence-corrected chi connectivity index (χ3v) is 4.54. The zero-order chi connectivity index (χ0) is 20.3. The van der Waals surface area contributed by atoms with Crippen LogP contribution in [0.25, 0.3) is 11.5 Å².